The lowest BCUT2D eigenvalue weighted by atomic mass is 10.1. The molecule has 0 atom stereocenters. The Bertz CT molecular complexity index is 620. The number of benzene rings is 2. The summed E-state index contributed by atoms with van der Waals surface area (Å²) in [6, 6.07) is 13.8. The quantitative estimate of drug-likeness (QED) is 0.912. The van der Waals surface area contributed by atoms with Crippen LogP contribution in [-0.4, -0.2) is 7.11 Å². The zero-order valence-corrected chi connectivity index (χ0v) is 10.5. The maximum absolute atomic E-state index is 13.7. The highest BCUT2D eigenvalue weighted by Gasteiger charge is 2.03. The summed E-state index contributed by atoms with van der Waals surface area (Å²) >= 11 is 0. The summed E-state index contributed by atoms with van der Waals surface area (Å²) in [6.07, 6.45) is 0. The maximum Gasteiger partial charge on any atom is 0.129 e. The van der Waals surface area contributed by atoms with Gasteiger partial charge in [0.25, 0.3) is 0 Å². The molecule has 0 amide bonds. The second kappa shape index (κ2) is 5.87. The van der Waals surface area contributed by atoms with E-state index in [4.69, 9.17) is 10.00 Å². The number of anilines is 1. The molecule has 0 aliphatic carbocycles. The molecule has 0 saturated carbocycles. The Morgan fingerprint density at radius 2 is 2.11 bits per heavy atom. The van der Waals surface area contributed by atoms with Crippen molar-refractivity contribution in [1.82, 2.24) is 0 Å². The van der Waals surface area contributed by atoms with Crippen LogP contribution in [0.1, 0.15) is 11.1 Å². The van der Waals surface area contributed by atoms with Crippen molar-refractivity contribution in [2.75, 3.05) is 12.4 Å². The first-order valence-corrected chi connectivity index (χ1v) is 5.79. The number of hydrogen-bond donors (Lipinski definition) is 1. The fourth-order valence-electron chi connectivity index (χ4n) is 1.69. The van der Waals surface area contributed by atoms with Crippen LogP contribution >= 0.6 is 0 Å². The van der Waals surface area contributed by atoms with Crippen LogP contribution in [0.2, 0.25) is 0 Å². The van der Waals surface area contributed by atoms with Gasteiger partial charge in [-0.3, -0.25) is 0 Å². The van der Waals surface area contributed by atoms with Gasteiger partial charge in [0.2, 0.25) is 0 Å². The molecule has 0 radical (unpaired) electrons. The van der Waals surface area contributed by atoms with E-state index in [1.807, 2.05) is 30.3 Å². The van der Waals surface area contributed by atoms with Crippen LogP contribution in [0.4, 0.5) is 10.1 Å². The molecule has 0 unspecified atom stereocenters. The summed E-state index contributed by atoms with van der Waals surface area (Å²) in [5.41, 5.74) is 1.69. The molecule has 0 aromatic heterocycles. The smallest absolute Gasteiger partial charge is 0.129 e. The Morgan fingerprint density at radius 1 is 1.26 bits per heavy atom. The summed E-state index contributed by atoms with van der Waals surface area (Å²) in [6.45, 7) is 0.352. The average Bonchev–Trinajstić information content (AvgIpc) is 2.46. The van der Waals surface area contributed by atoms with E-state index in [1.165, 1.54) is 6.07 Å². The topological polar surface area (TPSA) is 45.0 Å². The molecule has 0 heterocycles. The van der Waals surface area contributed by atoms with Gasteiger partial charge in [-0.05, 0) is 24.3 Å². The number of rotatable bonds is 4. The Kier molecular flexibility index (Phi) is 3.99. The molecule has 96 valence electrons. The molecule has 0 aliphatic rings. The van der Waals surface area contributed by atoms with E-state index in [2.05, 4.69) is 5.32 Å². The number of nitrogens with one attached hydrogen (secondary N) is 1. The third-order valence-corrected chi connectivity index (χ3v) is 2.73. The van der Waals surface area contributed by atoms with Crippen molar-refractivity contribution in [3.8, 4) is 11.8 Å². The molecule has 0 spiro atoms. The monoisotopic (exact) mass is 256 g/mol. The van der Waals surface area contributed by atoms with Gasteiger partial charge in [0.05, 0.1) is 18.7 Å². The number of halogens is 1. The lowest BCUT2D eigenvalue weighted by Crippen LogP contribution is -2.02. The molecule has 0 aliphatic heterocycles. The SMILES string of the molecule is COc1cccc(NCc2ccc(C#N)cc2F)c1. The third kappa shape index (κ3) is 3.23. The van der Waals surface area contributed by atoms with Gasteiger partial charge in [0.1, 0.15) is 11.6 Å². The van der Waals surface area contributed by atoms with Crippen molar-refractivity contribution in [1.29, 1.82) is 5.26 Å². The number of nitriles is 1. The van der Waals surface area contributed by atoms with Crippen LogP contribution in [0.15, 0.2) is 42.5 Å². The fourth-order valence-corrected chi connectivity index (χ4v) is 1.69. The maximum atomic E-state index is 13.7. The summed E-state index contributed by atoms with van der Waals surface area (Å²) in [5, 5.41) is 11.8. The largest absolute Gasteiger partial charge is 0.497 e. The first kappa shape index (κ1) is 12.9. The standard InChI is InChI=1S/C15H13FN2O/c1-19-14-4-2-3-13(8-14)18-10-12-6-5-11(9-17)7-15(12)16/h2-8,18H,10H2,1H3. The Balaban J connectivity index is 2.08. The second-order valence-corrected chi connectivity index (χ2v) is 4.00. The normalized spacial score (nSPS) is 9.74. The highest BCUT2D eigenvalue weighted by atomic mass is 19.1. The van der Waals surface area contributed by atoms with Crippen LogP contribution in [0.25, 0.3) is 0 Å². The number of ether oxygens (including phenoxy) is 1. The minimum atomic E-state index is -0.380. The number of hydrogen-bond acceptors (Lipinski definition) is 3. The van der Waals surface area contributed by atoms with Crippen molar-refractivity contribution in [2.45, 2.75) is 6.54 Å². The summed E-state index contributed by atoms with van der Waals surface area (Å²) in [5.74, 6) is 0.361. The molecular weight excluding hydrogens is 243 g/mol. The van der Waals surface area contributed by atoms with E-state index >= 15 is 0 Å². The predicted molar refractivity (Wildman–Crippen MR) is 71.4 cm³/mol. The van der Waals surface area contributed by atoms with Crippen molar-refractivity contribution in [3.05, 3.63) is 59.4 Å². The molecule has 0 fully saturated rings. The molecule has 0 bridgehead atoms. The van der Waals surface area contributed by atoms with E-state index in [0.29, 0.717) is 17.7 Å². The van der Waals surface area contributed by atoms with Crippen LogP contribution < -0.4 is 10.1 Å². The summed E-state index contributed by atoms with van der Waals surface area (Å²) < 4.78 is 18.8. The van der Waals surface area contributed by atoms with Gasteiger partial charge in [-0.25, -0.2) is 4.39 Å². The van der Waals surface area contributed by atoms with E-state index in [1.54, 1.807) is 19.2 Å². The van der Waals surface area contributed by atoms with E-state index in [0.717, 1.165) is 11.4 Å². The molecule has 4 heteroatoms. The van der Waals surface area contributed by atoms with Crippen LogP contribution in [0.3, 0.4) is 0 Å². The van der Waals surface area contributed by atoms with Gasteiger partial charge in [-0.2, -0.15) is 5.26 Å². The van der Waals surface area contributed by atoms with Crippen LogP contribution in [0, 0.1) is 17.1 Å². The highest BCUT2D eigenvalue weighted by molar-refractivity contribution is 5.48. The molecule has 2 aromatic rings. The Hall–Kier alpha value is -2.54. The summed E-state index contributed by atoms with van der Waals surface area (Å²) in [7, 11) is 1.60. The van der Waals surface area contributed by atoms with Crippen LogP contribution in [-0.2, 0) is 6.54 Å². The molecular formula is C15H13FN2O. The molecule has 2 aromatic carbocycles. The minimum absolute atomic E-state index is 0.322. The van der Waals surface area contributed by atoms with Gasteiger partial charge >= 0.3 is 0 Å². The van der Waals surface area contributed by atoms with Crippen molar-refractivity contribution >= 4 is 5.69 Å². The Labute approximate surface area is 111 Å². The Morgan fingerprint density at radius 3 is 2.79 bits per heavy atom. The van der Waals surface area contributed by atoms with Gasteiger partial charge in [-0.1, -0.05) is 12.1 Å². The summed E-state index contributed by atoms with van der Waals surface area (Å²) in [4.78, 5) is 0. The van der Waals surface area contributed by atoms with Gasteiger partial charge in [-0.15, -0.1) is 0 Å². The van der Waals surface area contributed by atoms with Gasteiger partial charge < -0.3 is 10.1 Å². The second-order valence-electron chi connectivity index (χ2n) is 4.00. The molecule has 2 rings (SSSR count). The van der Waals surface area contributed by atoms with Crippen molar-refractivity contribution in [3.63, 3.8) is 0 Å². The van der Waals surface area contributed by atoms with Crippen molar-refractivity contribution < 1.29 is 9.13 Å². The van der Waals surface area contributed by atoms with E-state index in [9.17, 15) is 4.39 Å². The average molecular weight is 256 g/mol. The van der Waals surface area contributed by atoms with E-state index in [-0.39, 0.29) is 5.82 Å². The zero-order chi connectivity index (χ0) is 13.7. The first-order valence-electron chi connectivity index (χ1n) is 5.79. The minimum Gasteiger partial charge on any atom is -0.497 e. The molecule has 1 N–H and O–H groups in total. The fraction of sp³-hybridized carbons (Fsp3) is 0.133. The van der Waals surface area contributed by atoms with E-state index < -0.39 is 0 Å². The zero-order valence-electron chi connectivity index (χ0n) is 10.5. The highest BCUT2D eigenvalue weighted by Crippen LogP contribution is 2.18. The lowest BCUT2D eigenvalue weighted by molar-refractivity contribution is 0.415. The van der Waals surface area contributed by atoms with Gasteiger partial charge in [0, 0.05) is 23.9 Å². The lowest BCUT2D eigenvalue weighted by Gasteiger charge is -2.09. The molecule has 0 saturated heterocycles. The van der Waals surface area contributed by atoms with Crippen molar-refractivity contribution in [2.24, 2.45) is 0 Å². The predicted octanol–water partition coefficient (Wildman–Crippen LogP) is 3.32. The molecule has 3 nitrogen and oxygen atoms in total. The third-order valence-electron chi connectivity index (χ3n) is 2.73. The number of nitrogens with zero attached hydrogens (tertiary/aromatic N) is 1. The first-order chi connectivity index (χ1) is 9.22. The molecule has 19 heavy (non-hydrogen) atoms. The van der Waals surface area contributed by atoms with Gasteiger partial charge in [0.15, 0.2) is 0 Å². The van der Waals surface area contributed by atoms with Crippen LogP contribution in [0.5, 0.6) is 5.75 Å². The number of methoxy groups -OCH3 is 1.